The molecule has 0 saturated heterocycles. The summed E-state index contributed by atoms with van der Waals surface area (Å²) in [4.78, 5) is 27.6. The van der Waals surface area contributed by atoms with E-state index in [0.29, 0.717) is 33.8 Å². The van der Waals surface area contributed by atoms with Crippen molar-refractivity contribution >= 4 is 33.9 Å². The van der Waals surface area contributed by atoms with Gasteiger partial charge in [-0.25, -0.2) is 0 Å². The van der Waals surface area contributed by atoms with Crippen LogP contribution in [0.2, 0.25) is 5.02 Å². The van der Waals surface area contributed by atoms with E-state index in [0.717, 1.165) is 11.6 Å². The van der Waals surface area contributed by atoms with Crippen LogP contribution in [0.1, 0.15) is 51.4 Å². The lowest BCUT2D eigenvalue weighted by Gasteiger charge is -2.14. The monoisotopic (exact) mass is 435 g/mol. The van der Waals surface area contributed by atoms with Crippen molar-refractivity contribution in [2.75, 3.05) is 0 Å². The molecule has 0 fully saturated rings. The third-order valence-electron chi connectivity index (χ3n) is 4.64. The first-order chi connectivity index (χ1) is 14.0. The van der Waals surface area contributed by atoms with Crippen LogP contribution in [0.15, 0.2) is 36.5 Å². The predicted octanol–water partition coefficient (Wildman–Crippen LogP) is 6.20. The first-order valence-corrected chi connectivity index (χ1v) is 9.30. The molecule has 0 radical (unpaired) electrons. The average molecular weight is 436 g/mol. The summed E-state index contributed by atoms with van der Waals surface area (Å²) >= 11 is 5.93. The Kier molecular flexibility index (Phi) is 5.85. The molecule has 0 aliphatic rings. The first-order valence-electron chi connectivity index (χ1n) is 8.92. The topological polar surface area (TPSA) is 56.3 Å². The number of hydrogen-bond donors (Lipinski definition) is 0. The van der Waals surface area contributed by atoms with Gasteiger partial charge in [0.2, 0.25) is 0 Å². The van der Waals surface area contributed by atoms with Crippen LogP contribution in [0, 0.1) is 6.92 Å². The van der Waals surface area contributed by atoms with Crippen molar-refractivity contribution in [2.45, 2.75) is 33.6 Å². The van der Waals surface area contributed by atoms with Gasteiger partial charge >= 0.3 is 6.18 Å². The van der Waals surface area contributed by atoms with Crippen molar-refractivity contribution in [1.82, 2.24) is 4.98 Å². The summed E-state index contributed by atoms with van der Waals surface area (Å²) in [5, 5.41) is 1.17. The lowest BCUT2D eigenvalue weighted by Crippen LogP contribution is -2.08. The Morgan fingerprint density at radius 2 is 1.77 bits per heavy atom. The molecule has 0 N–H and O–H groups in total. The van der Waals surface area contributed by atoms with Gasteiger partial charge in [-0.05, 0) is 67.4 Å². The molecule has 0 aliphatic heterocycles. The number of carbonyl (C=O) groups is 2. The lowest BCUT2D eigenvalue weighted by molar-refractivity contribution is -0.137. The van der Waals surface area contributed by atoms with Crippen LogP contribution in [-0.2, 0) is 12.8 Å². The molecule has 1 heterocycles. The van der Waals surface area contributed by atoms with Crippen molar-refractivity contribution in [3.8, 4) is 5.75 Å². The van der Waals surface area contributed by atoms with E-state index in [9.17, 15) is 22.8 Å². The number of aryl methyl sites for hydroxylation is 1. The lowest BCUT2D eigenvalue weighted by atomic mass is 9.95. The minimum absolute atomic E-state index is 0.149. The predicted molar refractivity (Wildman–Crippen MR) is 107 cm³/mol. The fourth-order valence-electron chi connectivity index (χ4n) is 3.03. The second kappa shape index (κ2) is 8.07. The zero-order chi connectivity index (χ0) is 22.2. The van der Waals surface area contributed by atoms with E-state index in [4.69, 9.17) is 16.3 Å². The SMILES string of the molecule is CC(=O)c1cc(C(C)=O)c2cc(OCc3ncc(C(F)(F)F)cc3Cl)c(C)cc2c1. The van der Waals surface area contributed by atoms with Crippen molar-refractivity contribution in [1.29, 1.82) is 0 Å². The fraction of sp³-hybridized carbons (Fsp3) is 0.227. The Morgan fingerprint density at radius 1 is 1.07 bits per heavy atom. The van der Waals surface area contributed by atoms with E-state index >= 15 is 0 Å². The molecule has 30 heavy (non-hydrogen) atoms. The van der Waals surface area contributed by atoms with Gasteiger partial charge in [-0.2, -0.15) is 13.2 Å². The number of Topliss-reactive ketones (excluding diaryl/α,β-unsaturated/α-hetero) is 2. The summed E-state index contributed by atoms with van der Waals surface area (Å²) in [6, 6.07) is 7.50. The van der Waals surface area contributed by atoms with Crippen LogP contribution in [-0.4, -0.2) is 16.6 Å². The maximum absolute atomic E-state index is 12.8. The van der Waals surface area contributed by atoms with E-state index in [1.165, 1.54) is 13.8 Å². The highest BCUT2D eigenvalue weighted by Gasteiger charge is 2.31. The zero-order valence-electron chi connectivity index (χ0n) is 16.4. The summed E-state index contributed by atoms with van der Waals surface area (Å²) in [6.07, 6.45) is -3.83. The van der Waals surface area contributed by atoms with Crippen molar-refractivity contribution in [3.05, 3.63) is 69.5 Å². The summed E-state index contributed by atoms with van der Waals surface area (Å²) < 4.78 is 44.0. The maximum Gasteiger partial charge on any atom is 0.417 e. The van der Waals surface area contributed by atoms with E-state index in [1.807, 2.05) is 0 Å². The van der Waals surface area contributed by atoms with Gasteiger partial charge in [0.1, 0.15) is 12.4 Å². The number of ketones is 2. The number of hydrogen-bond acceptors (Lipinski definition) is 4. The smallest absolute Gasteiger partial charge is 0.417 e. The van der Waals surface area contributed by atoms with E-state index in [2.05, 4.69) is 4.98 Å². The summed E-state index contributed by atoms with van der Waals surface area (Å²) in [6.45, 7) is 4.47. The molecule has 156 valence electrons. The molecular formula is C22H17ClF3NO3. The van der Waals surface area contributed by atoms with Gasteiger partial charge in [0, 0.05) is 17.3 Å². The Labute approximate surface area is 175 Å². The minimum atomic E-state index is -4.53. The largest absolute Gasteiger partial charge is 0.487 e. The molecule has 0 unspecified atom stereocenters. The third-order valence-corrected chi connectivity index (χ3v) is 4.97. The number of carbonyl (C=O) groups excluding carboxylic acids is 2. The maximum atomic E-state index is 12.8. The van der Waals surface area contributed by atoms with Crippen LogP contribution >= 0.6 is 11.6 Å². The molecule has 0 spiro atoms. The highest BCUT2D eigenvalue weighted by Crippen LogP contribution is 2.33. The van der Waals surface area contributed by atoms with Crippen molar-refractivity contribution in [2.24, 2.45) is 0 Å². The number of fused-ring (bicyclic) bond motifs is 1. The molecule has 3 aromatic rings. The summed E-state index contributed by atoms with van der Waals surface area (Å²) in [5.74, 6) is 0.0732. The third kappa shape index (κ3) is 4.46. The number of ether oxygens (including phenoxy) is 1. The zero-order valence-corrected chi connectivity index (χ0v) is 17.1. The van der Waals surface area contributed by atoms with E-state index < -0.39 is 11.7 Å². The molecule has 4 nitrogen and oxygen atoms in total. The van der Waals surface area contributed by atoms with Crippen LogP contribution in [0.25, 0.3) is 10.8 Å². The van der Waals surface area contributed by atoms with E-state index in [-0.39, 0.29) is 28.9 Å². The molecular weight excluding hydrogens is 419 g/mol. The second-order valence-electron chi connectivity index (χ2n) is 6.91. The molecule has 0 atom stereocenters. The highest BCUT2D eigenvalue weighted by atomic mass is 35.5. The molecule has 0 saturated carbocycles. The van der Waals surface area contributed by atoms with Gasteiger partial charge in [0.25, 0.3) is 0 Å². The van der Waals surface area contributed by atoms with Crippen LogP contribution in [0.4, 0.5) is 13.2 Å². The van der Waals surface area contributed by atoms with Gasteiger partial charge < -0.3 is 4.74 Å². The van der Waals surface area contributed by atoms with Gasteiger partial charge in [0.05, 0.1) is 16.3 Å². The molecule has 0 amide bonds. The number of aromatic nitrogens is 1. The van der Waals surface area contributed by atoms with E-state index in [1.54, 1.807) is 31.2 Å². The van der Waals surface area contributed by atoms with Crippen molar-refractivity contribution in [3.63, 3.8) is 0 Å². The number of rotatable bonds is 5. The van der Waals surface area contributed by atoms with Crippen LogP contribution < -0.4 is 4.74 Å². The number of pyridine rings is 1. The Morgan fingerprint density at radius 3 is 2.33 bits per heavy atom. The summed E-state index contributed by atoms with van der Waals surface area (Å²) in [5.41, 5.74) is 0.754. The average Bonchev–Trinajstić information content (AvgIpc) is 2.65. The van der Waals surface area contributed by atoms with Gasteiger partial charge in [-0.1, -0.05) is 11.6 Å². The molecule has 1 aromatic heterocycles. The molecule has 0 aliphatic carbocycles. The van der Waals surface area contributed by atoms with Gasteiger partial charge in [-0.3, -0.25) is 14.6 Å². The summed E-state index contributed by atoms with van der Waals surface area (Å²) in [7, 11) is 0. The number of nitrogens with zero attached hydrogens (tertiary/aromatic N) is 1. The Bertz CT molecular complexity index is 1170. The number of benzene rings is 2. The highest BCUT2D eigenvalue weighted by molar-refractivity contribution is 6.31. The molecule has 3 rings (SSSR count). The molecule has 8 heteroatoms. The van der Waals surface area contributed by atoms with Crippen LogP contribution in [0.3, 0.4) is 0 Å². The quantitative estimate of drug-likeness (QED) is 0.448. The standard InChI is InChI=1S/C22H17ClF3NO3/c1-11-4-15-5-14(12(2)28)6-17(13(3)29)18(15)8-21(11)30-10-20-19(23)7-16(9-27-20)22(24,25)26/h4-9H,10H2,1-3H3. The second-order valence-corrected chi connectivity index (χ2v) is 7.32. The minimum Gasteiger partial charge on any atom is -0.487 e. The molecule has 0 bridgehead atoms. The molecule has 2 aromatic carbocycles. The fourth-order valence-corrected chi connectivity index (χ4v) is 3.25. The normalized spacial score (nSPS) is 11.6. The first kappa shape index (κ1) is 21.8. The van der Waals surface area contributed by atoms with Gasteiger partial charge in [0.15, 0.2) is 11.6 Å². The van der Waals surface area contributed by atoms with Crippen molar-refractivity contribution < 1.29 is 27.5 Å². The van der Waals surface area contributed by atoms with Gasteiger partial charge in [-0.15, -0.1) is 0 Å². The Balaban J connectivity index is 1.96. The number of halogens is 4. The Hall–Kier alpha value is -2.93. The van der Waals surface area contributed by atoms with Crippen LogP contribution in [0.5, 0.6) is 5.75 Å². The number of alkyl halides is 3.